The number of thioether (sulfide) groups is 1. The third kappa shape index (κ3) is 2.59. The molecule has 0 amide bonds. The van der Waals surface area contributed by atoms with Crippen LogP contribution in [0.5, 0.6) is 0 Å². The molecule has 108 valence electrons. The summed E-state index contributed by atoms with van der Waals surface area (Å²) in [6.07, 6.45) is 3.46. The number of pyridine rings is 1. The first-order chi connectivity index (χ1) is 10.7. The molecule has 0 aliphatic carbocycles. The van der Waals surface area contributed by atoms with E-state index in [0.717, 1.165) is 16.1 Å². The number of rotatable bonds is 4. The van der Waals surface area contributed by atoms with Crippen LogP contribution >= 0.6 is 11.8 Å². The summed E-state index contributed by atoms with van der Waals surface area (Å²) in [5.74, 6) is -0.861. The van der Waals surface area contributed by atoms with Gasteiger partial charge in [-0.2, -0.15) is 5.26 Å². The van der Waals surface area contributed by atoms with Crippen LogP contribution in [0.3, 0.4) is 0 Å². The quantitative estimate of drug-likeness (QED) is 0.591. The predicted molar refractivity (Wildman–Crippen MR) is 84.8 cm³/mol. The Morgan fingerprint density at radius 3 is 2.91 bits per heavy atom. The van der Waals surface area contributed by atoms with Crippen LogP contribution in [0.2, 0.25) is 0 Å². The van der Waals surface area contributed by atoms with Crippen molar-refractivity contribution in [2.24, 2.45) is 0 Å². The molecule has 22 heavy (non-hydrogen) atoms. The van der Waals surface area contributed by atoms with Crippen LogP contribution in [0.4, 0.5) is 0 Å². The van der Waals surface area contributed by atoms with Crippen molar-refractivity contribution in [2.75, 3.05) is 6.26 Å². The molecule has 0 fully saturated rings. The number of fused-ring (bicyclic) bond motifs is 1. The van der Waals surface area contributed by atoms with Gasteiger partial charge in [-0.3, -0.25) is 4.79 Å². The Bertz CT molecular complexity index is 848. The average molecular weight is 308 g/mol. The van der Waals surface area contributed by atoms with Gasteiger partial charge >= 0.3 is 0 Å². The molecule has 6 heteroatoms. The number of nitrogens with one attached hydrogen (secondary N) is 1. The molecule has 0 spiro atoms. The van der Waals surface area contributed by atoms with Gasteiger partial charge in [-0.25, -0.2) is 9.97 Å². The number of carbonyl (C=O) groups excluding carboxylic acids is 1. The first-order valence-electron chi connectivity index (χ1n) is 6.61. The highest BCUT2D eigenvalue weighted by atomic mass is 32.2. The topological polar surface area (TPSA) is 82.4 Å². The number of para-hydroxylation sites is 2. The maximum absolute atomic E-state index is 12.6. The van der Waals surface area contributed by atoms with E-state index in [4.69, 9.17) is 0 Å². The number of hydrogen-bond donors (Lipinski definition) is 1. The lowest BCUT2D eigenvalue weighted by Crippen LogP contribution is -2.13. The third-order valence-corrected chi connectivity index (χ3v) is 3.94. The molecular formula is C16H12N4OS. The van der Waals surface area contributed by atoms with Crippen molar-refractivity contribution in [1.82, 2.24) is 15.0 Å². The molecule has 0 bridgehead atoms. The normalized spacial score (nSPS) is 12.0. The Labute approximate surface area is 131 Å². The fourth-order valence-corrected chi connectivity index (χ4v) is 2.61. The molecule has 1 aromatic carbocycles. The molecule has 3 rings (SSSR count). The van der Waals surface area contributed by atoms with Crippen LogP contribution < -0.4 is 0 Å². The zero-order valence-corrected chi connectivity index (χ0v) is 12.6. The van der Waals surface area contributed by atoms with Gasteiger partial charge in [-0.15, -0.1) is 11.8 Å². The average Bonchev–Trinajstić information content (AvgIpc) is 2.99. The minimum absolute atomic E-state index is 0.278. The molecule has 2 aromatic heterocycles. The van der Waals surface area contributed by atoms with Gasteiger partial charge in [-0.05, 0) is 30.5 Å². The summed E-state index contributed by atoms with van der Waals surface area (Å²) in [5, 5.41) is 10.2. The van der Waals surface area contributed by atoms with E-state index in [2.05, 4.69) is 15.0 Å². The molecule has 5 nitrogen and oxygen atoms in total. The Morgan fingerprint density at radius 1 is 1.36 bits per heavy atom. The van der Waals surface area contributed by atoms with Crippen molar-refractivity contribution < 1.29 is 4.79 Å². The Hall–Kier alpha value is -2.65. The fraction of sp³-hybridized carbons (Fsp3) is 0.125. The Morgan fingerprint density at radius 2 is 2.18 bits per heavy atom. The van der Waals surface area contributed by atoms with Crippen molar-refractivity contribution in [3.8, 4) is 6.07 Å². The number of aromatic nitrogens is 3. The van der Waals surface area contributed by atoms with Crippen LogP contribution in [0.25, 0.3) is 11.0 Å². The molecule has 0 aliphatic heterocycles. The lowest BCUT2D eigenvalue weighted by Gasteiger charge is -2.06. The summed E-state index contributed by atoms with van der Waals surface area (Å²) < 4.78 is 0. The van der Waals surface area contributed by atoms with E-state index in [1.165, 1.54) is 11.8 Å². The van der Waals surface area contributed by atoms with Crippen LogP contribution in [-0.2, 0) is 0 Å². The van der Waals surface area contributed by atoms with E-state index < -0.39 is 5.92 Å². The number of ketones is 1. The number of carbonyl (C=O) groups is 1. The highest BCUT2D eigenvalue weighted by Crippen LogP contribution is 2.22. The minimum Gasteiger partial charge on any atom is -0.340 e. The van der Waals surface area contributed by atoms with Gasteiger partial charge in [0.15, 0.2) is 11.7 Å². The Kier molecular flexibility index (Phi) is 3.90. The van der Waals surface area contributed by atoms with Gasteiger partial charge in [0.25, 0.3) is 0 Å². The zero-order valence-electron chi connectivity index (χ0n) is 11.8. The predicted octanol–water partition coefficient (Wildman–Crippen LogP) is 3.17. The van der Waals surface area contributed by atoms with Gasteiger partial charge in [-0.1, -0.05) is 12.1 Å². The third-order valence-electron chi connectivity index (χ3n) is 3.30. The van der Waals surface area contributed by atoms with E-state index in [9.17, 15) is 10.1 Å². The van der Waals surface area contributed by atoms with E-state index in [0.29, 0.717) is 11.4 Å². The number of nitrogens with zero attached hydrogens (tertiary/aromatic N) is 3. The van der Waals surface area contributed by atoms with Crippen LogP contribution in [0.1, 0.15) is 22.1 Å². The maximum Gasteiger partial charge on any atom is 0.187 e. The molecule has 0 unspecified atom stereocenters. The lowest BCUT2D eigenvalue weighted by molar-refractivity contribution is 0.0976. The van der Waals surface area contributed by atoms with Gasteiger partial charge in [0.1, 0.15) is 5.82 Å². The van der Waals surface area contributed by atoms with Crippen molar-refractivity contribution in [1.29, 1.82) is 5.26 Å². The molecule has 0 saturated heterocycles. The second-order valence-electron chi connectivity index (χ2n) is 4.65. The van der Waals surface area contributed by atoms with Crippen molar-refractivity contribution in [3.05, 3.63) is 54.0 Å². The van der Waals surface area contributed by atoms with Gasteiger partial charge < -0.3 is 4.98 Å². The lowest BCUT2D eigenvalue weighted by atomic mass is 9.99. The number of nitriles is 1. The summed E-state index contributed by atoms with van der Waals surface area (Å²) in [7, 11) is 0. The first kappa shape index (κ1) is 14.3. The number of imidazole rings is 1. The van der Waals surface area contributed by atoms with Gasteiger partial charge in [0.2, 0.25) is 0 Å². The van der Waals surface area contributed by atoms with Crippen molar-refractivity contribution in [3.63, 3.8) is 0 Å². The summed E-state index contributed by atoms with van der Waals surface area (Å²) in [6.45, 7) is 0. The van der Waals surface area contributed by atoms with E-state index in [1.807, 2.05) is 36.6 Å². The van der Waals surface area contributed by atoms with Gasteiger partial charge in [0, 0.05) is 11.8 Å². The van der Waals surface area contributed by atoms with Crippen LogP contribution in [-0.4, -0.2) is 27.0 Å². The molecule has 0 saturated carbocycles. The SMILES string of the molecule is CSc1cc(C(=O)[C@@H](C#N)c2nc3ccccc3[nH]2)ccn1. The van der Waals surface area contributed by atoms with E-state index in [-0.39, 0.29) is 5.78 Å². The standard InChI is InChI=1S/C16H12N4OS/c1-22-14-8-10(6-7-18-14)15(21)11(9-17)16-19-12-4-2-3-5-13(12)20-16/h2-8,11H,1H3,(H,19,20)/t11-/m1/s1. The maximum atomic E-state index is 12.6. The Balaban J connectivity index is 1.99. The summed E-state index contributed by atoms with van der Waals surface area (Å²) >= 11 is 1.45. The van der Waals surface area contributed by atoms with Crippen LogP contribution in [0.15, 0.2) is 47.6 Å². The minimum atomic E-state index is -0.954. The highest BCUT2D eigenvalue weighted by molar-refractivity contribution is 7.98. The molecule has 0 aliphatic rings. The molecule has 3 aromatic rings. The molecular weight excluding hydrogens is 296 g/mol. The second kappa shape index (κ2) is 6.00. The summed E-state index contributed by atoms with van der Waals surface area (Å²) in [5.41, 5.74) is 2.02. The number of Topliss-reactive ketones (excluding diaryl/α,β-unsaturated/α-hetero) is 1. The monoisotopic (exact) mass is 308 g/mol. The second-order valence-corrected chi connectivity index (χ2v) is 5.48. The van der Waals surface area contributed by atoms with Crippen molar-refractivity contribution in [2.45, 2.75) is 10.9 Å². The van der Waals surface area contributed by atoms with E-state index >= 15 is 0 Å². The number of aromatic amines is 1. The van der Waals surface area contributed by atoms with Crippen LogP contribution in [0, 0.1) is 11.3 Å². The van der Waals surface area contributed by atoms with Gasteiger partial charge in [0.05, 0.1) is 22.1 Å². The highest BCUT2D eigenvalue weighted by Gasteiger charge is 2.25. The number of hydrogen-bond acceptors (Lipinski definition) is 5. The summed E-state index contributed by atoms with van der Waals surface area (Å²) in [4.78, 5) is 24.1. The molecule has 2 heterocycles. The largest absolute Gasteiger partial charge is 0.340 e. The summed E-state index contributed by atoms with van der Waals surface area (Å²) in [6, 6.07) is 12.8. The van der Waals surface area contributed by atoms with Crippen molar-refractivity contribution >= 4 is 28.6 Å². The van der Waals surface area contributed by atoms with E-state index in [1.54, 1.807) is 18.3 Å². The first-order valence-corrected chi connectivity index (χ1v) is 7.84. The smallest absolute Gasteiger partial charge is 0.187 e. The zero-order chi connectivity index (χ0) is 15.5. The number of benzene rings is 1. The number of H-pyrrole nitrogens is 1. The fourth-order valence-electron chi connectivity index (χ4n) is 2.19. The molecule has 1 N–H and O–H groups in total. The molecule has 1 atom stereocenters. The molecule has 0 radical (unpaired) electrons.